The van der Waals surface area contributed by atoms with E-state index < -0.39 is 20.0 Å². The first-order chi connectivity index (χ1) is 36.9. The SMILES string of the molecule is CCCCC/C=C\C/C=C\CCCCCCCCCCCCCCCC(=O)OC(/C=C/CCCCCCCCCCCCC)C(COP(=O)([O-])OCC[N+](C)(C)C)NC(=O)CCCCCCCCCCCCCCCC. The van der Waals surface area contributed by atoms with Gasteiger partial charge in [-0.1, -0.05) is 282 Å². The summed E-state index contributed by atoms with van der Waals surface area (Å²) in [4.78, 5) is 40.0. The summed E-state index contributed by atoms with van der Waals surface area (Å²) in [5.74, 6) is -0.525. The van der Waals surface area contributed by atoms with E-state index in [1.54, 1.807) is 0 Å². The Morgan fingerprint density at radius 2 is 0.803 bits per heavy atom. The van der Waals surface area contributed by atoms with Crippen molar-refractivity contribution >= 4 is 19.7 Å². The number of nitrogens with zero attached hydrogens (tertiary/aromatic N) is 1. The molecule has 0 aromatic rings. The van der Waals surface area contributed by atoms with Crippen LogP contribution < -0.4 is 10.2 Å². The molecule has 0 aromatic heterocycles. The highest BCUT2D eigenvalue weighted by Crippen LogP contribution is 2.38. The Morgan fingerprint density at radius 3 is 1.21 bits per heavy atom. The Balaban J connectivity index is 5.14. The van der Waals surface area contributed by atoms with Gasteiger partial charge >= 0.3 is 5.97 Å². The molecule has 9 nitrogen and oxygen atoms in total. The average molecular weight is 1090 g/mol. The number of carbonyl (C=O) groups is 2. The average Bonchev–Trinajstić information content (AvgIpc) is 3.38. The van der Waals surface area contributed by atoms with Gasteiger partial charge in [-0.25, -0.2) is 0 Å². The smallest absolute Gasteiger partial charge is 0.306 e. The van der Waals surface area contributed by atoms with E-state index >= 15 is 0 Å². The maximum Gasteiger partial charge on any atom is 0.306 e. The molecule has 0 radical (unpaired) electrons. The highest BCUT2D eigenvalue weighted by atomic mass is 31.2. The van der Waals surface area contributed by atoms with E-state index in [4.69, 9.17) is 13.8 Å². The van der Waals surface area contributed by atoms with E-state index in [0.717, 1.165) is 64.2 Å². The highest BCUT2D eigenvalue weighted by molar-refractivity contribution is 7.45. The van der Waals surface area contributed by atoms with Gasteiger partial charge in [-0.15, -0.1) is 0 Å². The van der Waals surface area contributed by atoms with Crippen LogP contribution in [0.4, 0.5) is 0 Å². The van der Waals surface area contributed by atoms with Crippen molar-refractivity contribution < 1.29 is 37.3 Å². The first kappa shape index (κ1) is 74.2. The summed E-state index contributed by atoms with van der Waals surface area (Å²) in [5.41, 5.74) is 0. The van der Waals surface area contributed by atoms with Crippen LogP contribution in [0.2, 0.25) is 0 Å². The molecule has 0 aliphatic heterocycles. The molecule has 76 heavy (non-hydrogen) atoms. The van der Waals surface area contributed by atoms with E-state index in [1.165, 1.54) is 225 Å². The lowest BCUT2D eigenvalue weighted by atomic mass is 10.0. The summed E-state index contributed by atoms with van der Waals surface area (Å²) in [6, 6.07) is -0.884. The first-order valence-corrected chi connectivity index (χ1v) is 34.3. The molecule has 1 N–H and O–H groups in total. The van der Waals surface area contributed by atoms with Crippen molar-refractivity contribution in [2.75, 3.05) is 40.9 Å². The van der Waals surface area contributed by atoms with Gasteiger partial charge in [-0.3, -0.25) is 14.2 Å². The predicted octanol–water partition coefficient (Wildman–Crippen LogP) is 19.7. The van der Waals surface area contributed by atoms with Crippen LogP contribution in [0.5, 0.6) is 0 Å². The summed E-state index contributed by atoms with van der Waals surface area (Å²) in [5, 5.41) is 3.04. The molecule has 448 valence electrons. The van der Waals surface area contributed by atoms with Gasteiger partial charge < -0.3 is 28.5 Å². The van der Waals surface area contributed by atoms with Crippen LogP contribution in [0, 0.1) is 0 Å². The second kappa shape index (κ2) is 56.5. The van der Waals surface area contributed by atoms with Gasteiger partial charge in [0.1, 0.15) is 19.3 Å². The van der Waals surface area contributed by atoms with Crippen LogP contribution in [0.1, 0.15) is 323 Å². The lowest BCUT2D eigenvalue weighted by Gasteiger charge is -2.30. The molecule has 3 atom stereocenters. The lowest BCUT2D eigenvalue weighted by molar-refractivity contribution is -0.870. The molecule has 0 fully saturated rings. The maximum atomic E-state index is 13.5. The van der Waals surface area contributed by atoms with Gasteiger partial charge in [0.15, 0.2) is 0 Å². The highest BCUT2D eigenvalue weighted by Gasteiger charge is 2.27. The van der Waals surface area contributed by atoms with Crippen LogP contribution in [-0.2, 0) is 27.9 Å². The number of amides is 1. The fourth-order valence-corrected chi connectivity index (χ4v) is 10.5. The number of quaternary nitrogens is 1. The van der Waals surface area contributed by atoms with Crippen LogP contribution >= 0.6 is 7.82 Å². The summed E-state index contributed by atoms with van der Waals surface area (Å²) >= 11 is 0. The van der Waals surface area contributed by atoms with Gasteiger partial charge in [0, 0.05) is 12.8 Å². The molecule has 0 saturated carbocycles. The molecule has 0 heterocycles. The van der Waals surface area contributed by atoms with Crippen molar-refractivity contribution in [1.82, 2.24) is 5.32 Å². The molecule has 1 amide bonds. The summed E-state index contributed by atoms with van der Waals surface area (Å²) in [6.07, 6.45) is 68.2. The minimum atomic E-state index is -4.69. The number of hydrogen-bond acceptors (Lipinski definition) is 7. The van der Waals surface area contributed by atoms with Crippen molar-refractivity contribution in [2.24, 2.45) is 0 Å². The standard InChI is InChI=1S/C66H127N2O7P/c1-7-10-13-16-19-22-25-28-30-31-32-33-34-35-36-37-38-41-44-47-50-53-56-59-66(70)75-64(57-54-51-48-45-42-39-27-24-21-18-15-12-9-3)63(62-74-76(71,72)73-61-60-68(4,5)6)67-65(69)58-55-52-49-46-43-40-29-26-23-20-17-14-11-8-2/h19,22,28,30,54,57,63-64H,7-18,20-21,23-27,29,31-53,55-56,58-62H2,1-6H3,(H-,67,69,71,72)/b22-19-,30-28-,57-54+. The normalized spacial score (nSPS) is 13.8. The largest absolute Gasteiger partial charge is 0.756 e. The monoisotopic (exact) mass is 1090 g/mol. The number of esters is 1. The zero-order valence-electron chi connectivity index (χ0n) is 51.2. The molecule has 3 unspecified atom stereocenters. The van der Waals surface area contributed by atoms with Crippen molar-refractivity contribution in [1.29, 1.82) is 0 Å². The molecule has 0 bridgehead atoms. The van der Waals surface area contributed by atoms with Crippen molar-refractivity contribution in [3.63, 3.8) is 0 Å². The fraction of sp³-hybridized carbons (Fsp3) is 0.879. The number of carbonyl (C=O) groups excluding carboxylic acids is 2. The Kier molecular flexibility index (Phi) is 55.2. The molecule has 0 aliphatic carbocycles. The Morgan fingerprint density at radius 1 is 0.461 bits per heavy atom. The summed E-state index contributed by atoms with van der Waals surface area (Å²) in [7, 11) is 1.20. The second-order valence-corrected chi connectivity index (χ2v) is 25.0. The summed E-state index contributed by atoms with van der Waals surface area (Å²) in [6.45, 7) is 6.86. The Labute approximate surface area is 472 Å². The number of rotatable bonds is 60. The van der Waals surface area contributed by atoms with Gasteiger partial charge in [0.2, 0.25) is 5.91 Å². The fourth-order valence-electron chi connectivity index (χ4n) is 9.73. The predicted molar refractivity (Wildman–Crippen MR) is 326 cm³/mol. The molecule has 0 saturated heterocycles. The first-order valence-electron chi connectivity index (χ1n) is 32.8. The van der Waals surface area contributed by atoms with Crippen molar-refractivity contribution in [3.8, 4) is 0 Å². The van der Waals surface area contributed by atoms with Crippen LogP contribution in [-0.4, -0.2) is 69.4 Å². The van der Waals surface area contributed by atoms with Crippen LogP contribution in [0.3, 0.4) is 0 Å². The zero-order chi connectivity index (χ0) is 55.7. The third-order valence-corrected chi connectivity index (χ3v) is 15.8. The van der Waals surface area contributed by atoms with Gasteiger partial charge in [0.05, 0.1) is 33.8 Å². The minimum Gasteiger partial charge on any atom is -0.756 e. The van der Waals surface area contributed by atoms with Crippen molar-refractivity contribution in [2.45, 2.75) is 335 Å². The Bertz CT molecular complexity index is 1400. The third kappa shape index (κ3) is 56.9. The van der Waals surface area contributed by atoms with Gasteiger partial charge in [0.25, 0.3) is 7.82 Å². The van der Waals surface area contributed by atoms with E-state index in [2.05, 4.69) is 50.4 Å². The number of ether oxygens (including phenoxy) is 1. The van der Waals surface area contributed by atoms with Crippen molar-refractivity contribution in [3.05, 3.63) is 36.5 Å². The number of hydrogen-bond donors (Lipinski definition) is 1. The van der Waals surface area contributed by atoms with Gasteiger partial charge in [-0.2, -0.15) is 0 Å². The number of unbranched alkanes of at least 4 members (excludes halogenated alkanes) is 40. The van der Waals surface area contributed by atoms with Crippen LogP contribution in [0.25, 0.3) is 0 Å². The van der Waals surface area contributed by atoms with E-state index in [-0.39, 0.29) is 31.5 Å². The van der Waals surface area contributed by atoms with E-state index in [0.29, 0.717) is 17.4 Å². The zero-order valence-corrected chi connectivity index (χ0v) is 52.1. The van der Waals surface area contributed by atoms with Gasteiger partial charge in [-0.05, 0) is 63.9 Å². The second-order valence-electron chi connectivity index (χ2n) is 23.6. The Hall–Kier alpha value is -1.77. The number of phosphoric acid groups is 1. The van der Waals surface area contributed by atoms with Crippen LogP contribution in [0.15, 0.2) is 36.5 Å². The summed E-state index contributed by atoms with van der Waals surface area (Å²) < 4.78 is 30.4. The number of likely N-dealkylation sites (N-methyl/N-ethyl adjacent to an activating group) is 1. The van der Waals surface area contributed by atoms with E-state index in [9.17, 15) is 19.0 Å². The molecular weight excluding hydrogens is 964 g/mol. The molecule has 0 rings (SSSR count). The number of nitrogens with one attached hydrogen (secondary N) is 1. The molecule has 0 aromatic carbocycles. The quantitative estimate of drug-likeness (QED) is 0.0212. The molecule has 0 aliphatic rings. The minimum absolute atomic E-state index is 0.0194. The van der Waals surface area contributed by atoms with E-state index in [1.807, 2.05) is 33.3 Å². The molecule has 0 spiro atoms. The topological polar surface area (TPSA) is 114 Å². The molecule has 10 heteroatoms. The number of phosphoric ester groups is 1. The molecular formula is C66H127N2O7P. The third-order valence-electron chi connectivity index (χ3n) is 14.8. The maximum absolute atomic E-state index is 13.5. The number of allylic oxidation sites excluding steroid dienone is 5. The lowest BCUT2D eigenvalue weighted by Crippen LogP contribution is -2.47.